The van der Waals surface area contributed by atoms with Gasteiger partial charge in [0.05, 0.1) is 5.56 Å². The molecule has 0 heterocycles. The predicted octanol–water partition coefficient (Wildman–Crippen LogP) is -1.58. The Morgan fingerprint density at radius 3 is 2.76 bits per heavy atom. The van der Waals surface area contributed by atoms with Gasteiger partial charge in [0.25, 0.3) is 0 Å². The number of carbonyl (C=O) groups is 1. The summed E-state index contributed by atoms with van der Waals surface area (Å²) in [5, 5.41) is 28.8. The van der Waals surface area contributed by atoms with Gasteiger partial charge in [0.1, 0.15) is 0 Å². The van der Waals surface area contributed by atoms with Crippen LogP contribution in [0.25, 0.3) is 0 Å². The van der Waals surface area contributed by atoms with E-state index in [2.05, 4.69) is 0 Å². The molecule has 0 saturated heterocycles. The van der Waals surface area contributed by atoms with Crippen LogP contribution in [0, 0.1) is 0 Å². The zero-order valence-electron chi connectivity index (χ0n) is 9.13. The Kier molecular flexibility index (Phi) is 4.95. The Bertz CT molecular complexity index is 398. The molecule has 0 atom stereocenters. The van der Waals surface area contributed by atoms with Crippen molar-refractivity contribution in [3.8, 4) is 0 Å². The lowest BCUT2D eigenvalue weighted by Crippen LogP contribution is -2.46. The van der Waals surface area contributed by atoms with E-state index in [4.69, 9.17) is 20.6 Å². The summed E-state index contributed by atoms with van der Waals surface area (Å²) in [5.74, 6) is -1.14. The van der Waals surface area contributed by atoms with E-state index >= 15 is 0 Å². The Balaban J connectivity index is 2.72. The SMILES string of the molecule is Nc1cc(B([O-])OCCCO)ccc1C(=O)O. The second kappa shape index (κ2) is 6.24. The number of carboxylic acids is 1. The van der Waals surface area contributed by atoms with E-state index in [1.807, 2.05) is 0 Å². The molecule has 1 rings (SSSR count). The summed E-state index contributed by atoms with van der Waals surface area (Å²) in [6.45, 7) is 0.0953. The van der Waals surface area contributed by atoms with Crippen LogP contribution in [0.1, 0.15) is 16.8 Å². The van der Waals surface area contributed by atoms with Crippen molar-refractivity contribution in [3.05, 3.63) is 23.8 Å². The molecule has 0 aromatic heterocycles. The minimum absolute atomic E-state index is 0.0293. The summed E-state index contributed by atoms with van der Waals surface area (Å²) in [4.78, 5) is 10.7. The number of aromatic carboxylic acids is 1. The molecule has 0 amide bonds. The van der Waals surface area contributed by atoms with Crippen LogP contribution in [0.3, 0.4) is 0 Å². The highest BCUT2D eigenvalue weighted by molar-refractivity contribution is 6.58. The fourth-order valence-electron chi connectivity index (χ4n) is 1.27. The molecule has 0 unspecified atom stereocenters. The quantitative estimate of drug-likeness (QED) is 0.313. The third-order valence-electron chi connectivity index (χ3n) is 2.15. The van der Waals surface area contributed by atoms with Gasteiger partial charge >= 0.3 is 5.97 Å². The normalized spacial score (nSPS) is 10.2. The van der Waals surface area contributed by atoms with E-state index in [0.717, 1.165) is 0 Å². The standard InChI is InChI=1S/C10H13BNO5/c12-9-6-7(2-3-8(9)10(14)15)11(16)17-5-1-4-13/h2-3,6,13H,1,4-5,12H2,(H,14,15)/q-1. The lowest BCUT2D eigenvalue weighted by molar-refractivity contribution is -0.217. The third kappa shape index (κ3) is 3.74. The van der Waals surface area contributed by atoms with Gasteiger partial charge in [-0.05, 0) is 18.6 Å². The Labute approximate surface area is 98.8 Å². The van der Waals surface area contributed by atoms with Gasteiger partial charge in [-0.3, -0.25) is 0 Å². The van der Waals surface area contributed by atoms with Crippen LogP contribution in [-0.4, -0.2) is 36.5 Å². The lowest BCUT2D eigenvalue weighted by atomic mass is 9.79. The largest absolute Gasteiger partial charge is 0.853 e. The molecule has 1 aromatic rings. The van der Waals surface area contributed by atoms with E-state index in [1.165, 1.54) is 18.2 Å². The summed E-state index contributed by atoms with van der Waals surface area (Å²) >= 11 is 0. The van der Waals surface area contributed by atoms with Crippen molar-refractivity contribution in [2.45, 2.75) is 6.42 Å². The highest BCUT2D eigenvalue weighted by atomic mass is 16.5. The van der Waals surface area contributed by atoms with Crippen LogP contribution in [0.2, 0.25) is 0 Å². The number of carboxylic acid groups (broad SMARTS) is 1. The maximum absolute atomic E-state index is 11.5. The maximum Gasteiger partial charge on any atom is 0.337 e. The number of aliphatic hydroxyl groups excluding tert-OH is 1. The first kappa shape index (κ1) is 13.5. The molecule has 0 saturated carbocycles. The summed E-state index contributed by atoms with van der Waals surface area (Å²) in [7, 11) is -1.42. The number of hydrogen-bond donors (Lipinski definition) is 3. The number of nitrogens with two attached hydrogens (primary N) is 1. The van der Waals surface area contributed by atoms with Gasteiger partial charge in [-0.15, -0.1) is 0 Å². The summed E-state index contributed by atoms with van der Waals surface area (Å²) in [6, 6.07) is 3.93. The van der Waals surface area contributed by atoms with E-state index < -0.39 is 13.1 Å². The van der Waals surface area contributed by atoms with Crippen LogP contribution < -0.4 is 16.2 Å². The van der Waals surface area contributed by atoms with Crippen LogP contribution in [0.15, 0.2) is 18.2 Å². The molecule has 0 spiro atoms. The van der Waals surface area contributed by atoms with Gasteiger partial charge in [-0.1, -0.05) is 11.5 Å². The van der Waals surface area contributed by atoms with E-state index in [1.54, 1.807) is 0 Å². The van der Waals surface area contributed by atoms with Crippen LogP contribution >= 0.6 is 0 Å². The lowest BCUT2D eigenvalue weighted by Gasteiger charge is -2.20. The number of rotatable bonds is 6. The maximum atomic E-state index is 11.5. The Morgan fingerprint density at radius 1 is 1.53 bits per heavy atom. The highest BCUT2D eigenvalue weighted by Gasteiger charge is 2.10. The smallest absolute Gasteiger partial charge is 0.337 e. The molecular weight excluding hydrogens is 225 g/mol. The molecule has 6 nitrogen and oxygen atoms in total. The molecule has 1 aromatic carbocycles. The molecule has 0 aliphatic rings. The average Bonchev–Trinajstić information content (AvgIpc) is 2.28. The molecule has 0 aliphatic heterocycles. The van der Waals surface area contributed by atoms with Crippen molar-refractivity contribution in [1.82, 2.24) is 0 Å². The van der Waals surface area contributed by atoms with Crippen molar-refractivity contribution < 1.29 is 24.7 Å². The van der Waals surface area contributed by atoms with Gasteiger partial charge in [0.2, 0.25) is 7.12 Å². The van der Waals surface area contributed by atoms with Crippen molar-refractivity contribution in [1.29, 1.82) is 0 Å². The molecule has 7 heteroatoms. The van der Waals surface area contributed by atoms with Crippen LogP contribution in [0.4, 0.5) is 5.69 Å². The molecule has 4 N–H and O–H groups in total. The zero-order chi connectivity index (χ0) is 12.8. The zero-order valence-corrected chi connectivity index (χ0v) is 9.13. The highest BCUT2D eigenvalue weighted by Crippen LogP contribution is 2.09. The van der Waals surface area contributed by atoms with Crippen molar-refractivity contribution in [2.24, 2.45) is 0 Å². The van der Waals surface area contributed by atoms with Crippen LogP contribution in [0.5, 0.6) is 0 Å². The minimum atomic E-state index is -1.42. The van der Waals surface area contributed by atoms with Crippen molar-refractivity contribution in [2.75, 3.05) is 18.9 Å². The van der Waals surface area contributed by atoms with E-state index in [0.29, 0.717) is 6.42 Å². The molecule has 0 fully saturated rings. The summed E-state index contributed by atoms with van der Waals surface area (Å²) in [6.07, 6.45) is 0.376. The van der Waals surface area contributed by atoms with Gasteiger partial charge in [0.15, 0.2) is 0 Å². The fourth-order valence-corrected chi connectivity index (χ4v) is 1.27. The van der Waals surface area contributed by atoms with E-state index in [9.17, 15) is 9.82 Å². The van der Waals surface area contributed by atoms with Gasteiger partial charge in [-0.2, -0.15) is 0 Å². The summed E-state index contributed by atoms with van der Waals surface area (Å²) in [5.41, 5.74) is 5.75. The molecule has 0 aliphatic carbocycles. The monoisotopic (exact) mass is 238 g/mol. The van der Waals surface area contributed by atoms with Crippen molar-refractivity contribution in [3.63, 3.8) is 0 Å². The number of anilines is 1. The van der Waals surface area contributed by atoms with E-state index in [-0.39, 0.29) is 29.9 Å². The first-order chi connectivity index (χ1) is 8.06. The van der Waals surface area contributed by atoms with Gasteiger partial charge in [-0.25, -0.2) is 4.79 Å². The molecule has 0 radical (unpaired) electrons. The summed E-state index contributed by atoms with van der Waals surface area (Å²) < 4.78 is 4.91. The fraction of sp³-hybridized carbons (Fsp3) is 0.300. The second-order valence-corrected chi connectivity index (χ2v) is 3.43. The first-order valence-corrected chi connectivity index (χ1v) is 5.07. The Morgan fingerprint density at radius 2 is 2.24 bits per heavy atom. The number of hydrogen-bond acceptors (Lipinski definition) is 5. The first-order valence-electron chi connectivity index (χ1n) is 5.07. The van der Waals surface area contributed by atoms with Crippen molar-refractivity contribution >= 4 is 24.2 Å². The molecule has 17 heavy (non-hydrogen) atoms. The Hall–Kier alpha value is -1.57. The third-order valence-corrected chi connectivity index (χ3v) is 2.15. The molecular formula is C10H13BNO5-. The predicted molar refractivity (Wildman–Crippen MR) is 60.9 cm³/mol. The molecule has 0 bridgehead atoms. The number of aliphatic hydroxyl groups is 1. The topological polar surface area (TPSA) is 116 Å². The average molecular weight is 238 g/mol. The second-order valence-electron chi connectivity index (χ2n) is 3.43. The number of nitrogen functional groups attached to an aromatic ring is 1. The number of benzene rings is 1. The van der Waals surface area contributed by atoms with Gasteiger partial charge < -0.3 is 25.6 Å². The van der Waals surface area contributed by atoms with Gasteiger partial charge in [0, 0.05) is 18.9 Å². The van der Waals surface area contributed by atoms with Crippen LogP contribution in [-0.2, 0) is 4.65 Å². The minimum Gasteiger partial charge on any atom is -0.853 e. The molecule has 92 valence electrons.